The molecule has 6 N–H and O–H groups in total. The number of nitrogens with two attached hydrogens (primary N) is 1. The largest absolute Gasteiger partial charge is 0.507 e. The second kappa shape index (κ2) is 7.83. The van der Waals surface area contributed by atoms with Crippen LogP contribution in [0.3, 0.4) is 0 Å². The summed E-state index contributed by atoms with van der Waals surface area (Å²) in [7, 11) is 0. The van der Waals surface area contributed by atoms with Gasteiger partial charge in [0, 0.05) is 18.3 Å². The summed E-state index contributed by atoms with van der Waals surface area (Å²) in [5.41, 5.74) is 5.36. The van der Waals surface area contributed by atoms with Gasteiger partial charge in [-0.25, -0.2) is 9.18 Å². The van der Waals surface area contributed by atoms with Crippen molar-refractivity contribution in [2.45, 2.75) is 18.9 Å². The number of carboxylic acid groups (broad SMARTS) is 1. The molecular formula is C13H17FN4O3. The number of phenolic OH excluding ortho intramolecular Hbond substituents is 1. The van der Waals surface area contributed by atoms with Crippen molar-refractivity contribution in [1.82, 2.24) is 5.32 Å². The fraction of sp³-hybridized carbons (Fsp3) is 0.308. The lowest BCUT2D eigenvalue weighted by molar-refractivity contribution is -0.138. The molecule has 1 aromatic carbocycles. The summed E-state index contributed by atoms with van der Waals surface area (Å²) in [4.78, 5) is 15.0. The van der Waals surface area contributed by atoms with E-state index >= 15 is 0 Å². The highest BCUT2D eigenvalue weighted by Gasteiger charge is 2.15. The Balaban J connectivity index is 2.62. The van der Waals surface area contributed by atoms with Crippen LogP contribution in [0.1, 0.15) is 18.4 Å². The van der Waals surface area contributed by atoms with E-state index in [-0.39, 0.29) is 23.7 Å². The Kier molecular flexibility index (Phi) is 5.50. The van der Waals surface area contributed by atoms with Crippen LogP contribution in [0.2, 0.25) is 1.41 Å². The maximum absolute atomic E-state index is 13.1. The molecule has 1 rings (SSSR count). The summed E-state index contributed by atoms with van der Waals surface area (Å²) in [6.45, 7) is 0.346. The Morgan fingerprint density at radius 3 is 3.10 bits per heavy atom. The van der Waals surface area contributed by atoms with Gasteiger partial charge in [-0.2, -0.15) is 0 Å². The highest BCUT2D eigenvalue weighted by Crippen LogP contribution is 2.16. The summed E-state index contributed by atoms with van der Waals surface area (Å²) in [5.74, 6) is -1.93. The minimum absolute atomic E-state index is 0.0555. The van der Waals surface area contributed by atoms with Gasteiger partial charge in [0.15, 0.2) is 7.37 Å². The Labute approximate surface area is 122 Å². The number of phenols is 1. The van der Waals surface area contributed by atoms with Gasteiger partial charge in [0.25, 0.3) is 0 Å². The molecule has 8 heteroatoms. The Morgan fingerprint density at radius 1 is 1.67 bits per heavy atom. The molecule has 0 unspecified atom stereocenters. The van der Waals surface area contributed by atoms with E-state index in [1.54, 1.807) is 0 Å². The first-order valence-corrected chi connectivity index (χ1v) is 6.20. The van der Waals surface area contributed by atoms with E-state index < -0.39 is 17.8 Å². The lowest BCUT2D eigenvalue weighted by atomic mass is 10.1. The molecule has 0 amide bonds. The van der Waals surface area contributed by atoms with Crippen LogP contribution < -0.4 is 11.1 Å². The van der Waals surface area contributed by atoms with Crippen molar-refractivity contribution < 1.29 is 20.8 Å². The SMILES string of the molecule is [H]/N=C(\N)NCCC[C@H](N=Cc1cc(F)ccc1O)C(=O)O. The molecule has 0 heterocycles. The minimum atomic E-state index is -1.13. The van der Waals surface area contributed by atoms with Crippen LogP contribution in [0.15, 0.2) is 23.2 Å². The number of aliphatic carboxylic acids is 1. The summed E-state index contributed by atoms with van der Waals surface area (Å²) in [6.07, 6.45) is 1.77. The maximum atomic E-state index is 13.1. The number of hydrogen-bond donors (Lipinski definition) is 5. The van der Waals surface area contributed by atoms with Gasteiger partial charge < -0.3 is 21.3 Å². The van der Waals surface area contributed by atoms with E-state index in [2.05, 4.69) is 15.7 Å². The van der Waals surface area contributed by atoms with Crippen molar-refractivity contribution in [2.24, 2.45) is 10.7 Å². The lowest BCUT2D eigenvalue weighted by Gasteiger charge is -2.08. The zero-order chi connectivity index (χ0) is 16.5. The number of rotatable bonds is 7. The van der Waals surface area contributed by atoms with Crippen molar-refractivity contribution in [3.8, 4) is 5.75 Å². The van der Waals surface area contributed by atoms with Crippen LogP contribution in [-0.2, 0) is 4.79 Å². The number of carbonyl (C=O) groups is 1. The van der Waals surface area contributed by atoms with Gasteiger partial charge in [-0.3, -0.25) is 10.4 Å². The van der Waals surface area contributed by atoms with Crippen LogP contribution in [0.25, 0.3) is 0 Å². The van der Waals surface area contributed by atoms with Crippen LogP contribution in [-0.4, -0.2) is 40.9 Å². The number of hydrogen-bond acceptors (Lipinski definition) is 4. The second-order valence-corrected chi connectivity index (χ2v) is 4.29. The molecule has 0 bridgehead atoms. The van der Waals surface area contributed by atoms with Crippen LogP contribution in [0.5, 0.6) is 5.75 Å². The number of benzene rings is 1. The van der Waals surface area contributed by atoms with E-state index in [9.17, 15) is 14.3 Å². The zero-order valence-corrected chi connectivity index (χ0v) is 11.2. The zero-order valence-electron chi connectivity index (χ0n) is 12.2. The van der Waals surface area contributed by atoms with Gasteiger partial charge in [0.1, 0.15) is 17.6 Å². The number of guanidine groups is 1. The smallest absolute Gasteiger partial charge is 0.328 e. The third-order valence-corrected chi connectivity index (χ3v) is 2.63. The number of carboxylic acids is 1. The third kappa shape index (κ3) is 5.89. The second-order valence-electron chi connectivity index (χ2n) is 4.29. The van der Waals surface area contributed by atoms with E-state index in [0.29, 0.717) is 13.0 Å². The van der Waals surface area contributed by atoms with Gasteiger partial charge in [0.2, 0.25) is 0 Å². The number of nitrogens with zero attached hydrogens (tertiary/aromatic N) is 1. The van der Waals surface area contributed by atoms with Crippen molar-refractivity contribution in [3.05, 3.63) is 29.6 Å². The molecule has 0 spiro atoms. The normalized spacial score (nSPS) is 14.0. The van der Waals surface area contributed by atoms with Crippen LogP contribution >= 0.6 is 0 Å². The van der Waals surface area contributed by atoms with Crippen molar-refractivity contribution >= 4 is 18.1 Å². The third-order valence-electron chi connectivity index (χ3n) is 2.63. The predicted octanol–water partition coefficient (Wildman–Crippen LogP) is 0.667. The summed E-state index contributed by atoms with van der Waals surface area (Å²) in [5, 5.41) is 24.2. The fourth-order valence-corrected chi connectivity index (χ4v) is 1.57. The summed E-state index contributed by atoms with van der Waals surface area (Å²) < 4.78 is 19.7. The molecule has 0 aromatic heterocycles. The van der Waals surface area contributed by atoms with Crippen molar-refractivity contribution in [1.29, 1.82) is 5.40 Å². The molecule has 0 saturated heterocycles. The highest BCUT2D eigenvalue weighted by atomic mass is 19.1. The summed E-state index contributed by atoms with van der Waals surface area (Å²) in [6, 6.07) is 2.29. The first-order chi connectivity index (χ1) is 10.4. The number of nitrogens with one attached hydrogen (secondary N) is 2. The molecule has 0 aliphatic carbocycles. The van der Waals surface area contributed by atoms with E-state index in [1.807, 2.05) is 0 Å². The van der Waals surface area contributed by atoms with Gasteiger partial charge in [-0.1, -0.05) is 0 Å². The van der Waals surface area contributed by atoms with Crippen molar-refractivity contribution in [3.63, 3.8) is 0 Å². The van der Waals surface area contributed by atoms with E-state index in [1.165, 1.54) is 6.07 Å². The molecule has 1 aromatic rings. The van der Waals surface area contributed by atoms with Gasteiger partial charge in [-0.05, 0) is 31.0 Å². The van der Waals surface area contributed by atoms with Crippen molar-refractivity contribution in [2.75, 3.05) is 6.54 Å². The molecular weight excluding hydrogens is 279 g/mol. The van der Waals surface area contributed by atoms with Gasteiger partial charge >= 0.3 is 5.97 Å². The lowest BCUT2D eigenvalue weighted by Crippen LogP contribution is -2.31. The molecule has 21 heavy (non-hydrogen) atoms. The first-order valence-electron chi connectivity index (χ1n) is 6.64. The number of aromatic hydroxyl groups is 1. The van der Waals surface area contributed by atoms with Crippen LogP contribution in [0, 0.1) is 11.2 Å². The van der Waals surface area contributed by atoms with Gasteiger partial charge in [-0.15, -0.1) is 0 Å². The Morgan fingerprint density at radius 2 is 2.43 bits per heavy atom. The topological polar surface area (TPSA) is 132 Å². The average molecular weight is 296 g/mol. The quantitative estimate of drug-likeness (QED) is 0.286. The predicted molar refractivity (Wildman–Crippen MR) is 76.2 cm³/mol. The van der Waals surface area contributed by atoms with Gasteiger partial charge in [0.05, 0.1) is 0 Å². The molecule has 0 aliphatic rings. The number of halogens is 1. The standard InChI is InChI=1S/C13H17FN4O3/c14-9-3-4-11(19)8(6-9)7-18-10(12(20)21)2-1-5-17-13(15)16/h3-4,6-7,10,19H,1-2,5H2,(H,20,21)(H4,15,16,17)/t10-/m0/s1. The summed E-state index contributed by atoms with van der Waals surface area (Å²) >= 11 is 0. The number of aliphatic imine (C=N–C) groups is 1. The first kappa shape index (κ1) is 14.8. The maximum Gasteiger partial charge on any atom is 0.328 e. The average Bonchev–Trinajstić information content (AvgIpc) is 2.48. The molecule has 7 nitrogen and oxygen atoms in total. The van der Waals surface area contributed by atoms with E-state index in [4.69, 9.17) is 12.3 Å². The molecule has 0 fully saturated rings. The Hall–Kier alpha value is -2.64. The molecule has 0 aliphatic heterocycles. The molecule has 1 atom stereocenters. The van der Waals surface area contributed by atoms with E-state index in [0.717, 1.165) is 18.3 Å². The van der Waals surface area contributed by atoms with Crippen LogP contribution in [0.4, 0.5) is 4.39 Å². The molecule has 114 valence electrons. The Bertz CT molecular complexity index is 580. The highest BCUT2D eigenvalue weighted by molar-refractivity contribution is 5.86. The monoisotopic (exact) mass is 296 g/mol. The minimum Gasteiger partial charge on any atom is -0.507 e. The molecule has 0 radical (unpaired) electrons. The fourth-order valence-electron chi connectivity index (χ4n) is 1.57. The molecule has 0 saturated carbocycles.